The van der Waals surface area contributed by atoms with E-state index in [9.17, 15) is 4.79 Å². The van der Waals surface area contributed by atoms with Gasteiger partial charge in [0.1, 0.15) is 12.4 Å². The number of hydrogen-bond acceptors (Lipinski definition) is 6. The molecule has 5 rings (SSSR count). The predicted octanol–water partition coefficient (Wildman–Crippen LogP) is 3.71. The highest BCUT2D eigenvalue weighted by Gasteiger charge is 2.53. The molecule has 1 N–H and O–H groups in total. The number of thiazole rings is 1. The van der Waals surface area contributed by atoms with Gasteiger partial charge >= 0.3 is 0 Å². The SMILES string of the molecule is COCC(=O)N1CC2CC2C1CNCCc1ccc(Oc2nc3ccccc3s2)cc1. The van der Waals surface area contributed by atoms with Gasteiger partial charge < -0.3 is 19.7 Å². The number of benzene rings is 2. The molecule has 2 fully saturated rings. The molecule has 1 aliphatic heterocycles. The van der Waals surface area contributed by atoms with Crippen LogP contribution in [0.1, 0.15) is 12.0 Å². The Labute approximate surface area is 186 Å². The van der Waals surface area contributed by atoms with Gasteiger partial charge in [0.15, 0.2) is 0 Å². The standard InChI is InChI=1S/C24H27N3O3S/c1-29-15-23(28)27-14-17-12-19(17)21(27)13-25-11-10-16-6-8-18(9-7-16)30-24-26-20-4-2-3-5-22(20)31-24/h2-9,17,19,21,25H,10-15H2,1H3. The van der Waals surface area contributed by atoms with E-state index in [1.165, 1.54) is 12.0 Å². The van der Waals surface area contributed by atoms with Crippen LogP contribution in [0.2, 0.25) is 0 Å². The largest absolute Gasteiger partial charge is 0.431 e. The number of likely N-dealkylation sites (tertiary alicyclic amines) is 1. The zero-order valence-electron chi connectivity index (χ0n) is 17.6. The van der Waals surface area contributed by atoms with E-state index < -0.39 is 0 Å². The van der Waals surface area contributed by atoms with E-state index in [1.54, 1.807) is 18.4 Å². The van der Waals surface area contributed by atoms with Gasteiger partial charge in [0, 0.05) is 26.2 Å². The smallest absolute Gasteiger partial charge is 0.279 e. The Bertz CT molecular complexity index is 1020. The molecule has 1 amide bonds. The highest BCUT2D eigenvalue weighted by Crippen LogP contribution is 2.49. The number of piperidine rings is 1. The number of ether oxygens (including phenoxy) is 2. The molecule has 1 saturated heterocycles. The third-order valence-corrected chi connectivity index (χ3v) is 7.15. The fourth-order valence-electron chi connectivity index (χ4n) is 4.53. The van der Waals surface area contributed by atoms with Gasteiger partial charge in [-0.05, 0) is 61.1 Å². The van der Waals surface area contributed by atoms with Crippen molar-refractivity contribution in [1.82, 2.24) is 15.2 Å². The van der Waals surface area contributed by atoms with Gasteiger partial charge in [-0.15, -0.1) is 0 Å². The fourth-order valence-corrected chi connectivity index (χ4v) is 5.36. The Kier molecular flexibility index (Phi) is 5.89. The molecule has 2 aromatic carbocycles. The first-order valence-corrected chi connectivity index (χ1v) is 11.6. The van der Waals surface area contributed by atoms with Crippen LogP contribution in [0.15, 0.2) is 48.5 Å². The molecular formula is C24H27N3O3S. The van der Waals surface area contributed by atoms with Crippen molar-refractivity contribution in [3.8, 4) is 10.9 Å². The highest BCUT2D eigenvalue weighted by atomic mass is 32.1. The van der Waals surface area contributed by atoms with Crippen LogP contribution in [0.25, 0.3) is 10.2 Å². The molecule has 162 valence electrons. The van der Waals surface area contributed by atoms with Gasteiger partial charge in [0.25, 0.3) is 5.19 Å². The van der Waals surface area contributed by atoms with Crippen LogP contribution in [0.4, 0.5) is 0 Å². The van der Waals surface area contributed by atoms with Crippen LogP contribution in [0.3, 0.4) is 0 Å². The number of para-hydroxylation sites is 1. The first-order chi connectivity index (χ1) is 15.2. The number of amides is 1. The summed E-state index contributed by atoms with van der Waals surface area (Å²) in [4.78, 5) is 18.8. The average Bonchev–Trinajstić information content (AvgIpc) is 3.28. The van der Waals surface area contributed by atoms with Crippen molar-refractivity contribution in [3.05, 3.63) is 54.1 Å². The molecule has 31 heavy (non-hydrogen) atoms. The number of carbonyl (C=O) groups excluding carboxylic acids is 1. The molecular weight excluding hydrogens is 410 g/mol. The molecule has 0 spiro atoms. The van der Waals surface area contributed by atoms with Crippen molar-refractivity contribution < 1.29 is 14.3 Å². The monoisotopic (exact) mass is 437 g/mol. The summed E-state index contributed by atoms with van der Waals surface area (Å²) in [5, 5.41) is 4.22. The number of nitrogens with zero attached hydrogens (tertiary/aromatic N) is 2. The number of nitrogens with one attached hydrogen (secondary N) is 1. The van der Waals surface area contributed by atoms with Gasteiger partial charge in [0.2, 0.25) is 5.91 Å². The summed E-state index contributed by atoms with van der Waals surface area (Å²) in [6, 6.07) is 16.6. The summed E-state index contributed by atoms with van der Waals surface area (Å²) in [6.45, 7) is 2.82. The Hall–Kier alpha value is -2.48. The summed E-state index contributed by atoms with van der Waals surface area (Å²) < 4.78 is 12.1. The second kappa shape index (κ2) is 8.94. The summed E-state index contributed by atoms with van der Waals surface area (Å²) in [5.41, 5.74) is 2.22. The molecule has 0 bridgehead atoms. The number of aromatic nitrogens is 1. The van der Waals surface area contributed by atoms with Gasteiger partial charge in [-0.25, -0.2) is 4.98 Å². The molecule has 3 unspecified atom stereocenters. The van der Waals surface area contributed by atoms with Crippen molar-refractivity contribution in [1.29, 1.82) is 0 Å². The van der Waals surface area contributed by atoms with Crippen molar-refractivity contribution in [2.24, 2.45) is 11.8 Å². The third kappa shape index (κ3) is 4.59. The zero-order valence-corrected chi connectivity index (χ0v) is 18.4. The molecule has 2 aliphatic rings. The lowest BCUT2D eigenvalue weighted by Gasteiger charge is -2.27. The van der Waals surface area contributed by atoms with Gasteiger partial charge in [0.05, 0.1) is 10.2 Å². The number of hydrogen-bond donors (Lipinski definition) is 1. The van der Waals surface area contributed by atoms with Crippen molar-refractivity contribution in [3.63, 3.8) is 0 Å². The highest BCUT2D eigenvalue weighted by molar-refractivity contribution is 7.20. The second-order valence-electron chi connectivity index (χ2n) is 8.35. The minimum absolute atomic E-state index is 0.116. The van der Waals surface area contributed by atoms with E-state index in [2.05, 4.69) is 28.5 Å². The van der Waals surface area contributed by atoms with Gasteiger partial charge in [-0.2, -0.15) is 0 Å². The number of fused-ring (bicyclic) bond motifs is 2. The predicted molar refractivity (Wildman–Crippen MR) is 122 cm³/mol. The van der Waals surface area contributed by atoms with Gasteiger partial charge in [-0.1, -0.05) is 35.6 Å². The van der Waals surface area contributed by atoms with Crippen LogP contribution in [0, 0.1) is 11.8 Å². The normalized spacial score (nSPS) is 22.0. The summed E-state index contributed by atoms with van der Waals surface area (Å²) in [6.07, 6.45) is 2.20. The Balaban J connectivity index is 1.09. The van der Waals surface area contributed by atoms with Crippen LogP contribution >= 0.6 is 11.3 Å². The lowest BCUT2D eigenvalue weighted by atomic mass is 10.1. The zero-order chi connectivity index (χ0) is 21.2. The summed E-state index contributed by atoms with van der Waals surface area (Å²) >= 11 is 1.55. The van der Waals surface area contributed by atoms with E-state index in [1.807, 2.05) is 35.2 Å². The minimum Gasteiger partial charge on any atom is -0.431 e. The first-order valence-electron chi connectivity index (χ1n) is 10.8. The molecule has 3 aromatic rings. The van der Waals surface area contributed by atoms with E-state index >= 15 is 0 Å². The topological polar surface area (TPSA) is 63.7 Å². The van der Waals surface area contributed by atoms with Crippen LogP contribution in [-0.2, 0) is 16.0 Å². The van der Waals surface area contributed by atoms with Crippen molar-refractivity contribution in [2.45, 2.75) is 18.9 Å². The molecule has 1 aromatic heterocycles. The molecule has 0 radical (unpaired) electrons. The third-order valence-electron chi connectivity index (χ3n) is 6.24. The van der Waals surface area contributed by atoms with Crippen LogP contribution < -0.4 is 10.1 Å². The van der Waals surface area contributed by atoms with E-state index in [-0.39, 0.29) is 12.5 Å². The molecule has 6 nitrogen and oxygen atoms in total. The molecule has 3 atom stereocenters. The molecule has 1 aliphatic carbocycles. The number of carbonyl (C=O) groups is 1. The maximum absolute atomic E-state index is 12.2. The van der Waals surface area contributed by atoms with E-state index in [4.69, 9.17) is 9.47 Å². The fraction of sp³-hybridized carbons (Fsp3) is 0.417. The van der Waals surface area contributed by atoms with Crippen LogP contribution in [-0.4, -0.2) is 55.2 Å². The first kappa shape index (κ1) is 20.4. The molecule has 2 heterocycles. The lowest BCUT2D eigenvalue weighted by molar-refractivity contribution is -0.136. The average molecular weight is 438 g/mol. The lowest BCUT2D eigenvalue weighted by Crippen LogP contribution is -2.45. The number of rotatable bonds is 9. The summed E-state index contributed by atoms with van der Waals surface area (Å²) in [7, 11) is 1.58. The Morgan fingerprint density at radius 2 is 2.06 bits per heavy atom. The molecule has 1 saturated carbocycles. The second-order valence-corrected chi connectivity index (χ2v) is 9.35. The summed E-state index contributed by atoms with van der Waals surface area (Å²) in [5.74, 6) is 2.29. The van der Waals surface area contributed by atoms with Gasteiger partial charge in [-0.3, -0.25) is 4.79 Å². The maximum Gasteiger partial charge on any atom is 0.279 e. The Morgan fingerprint density at radius 1 is 1.23 bits per heavy atom. The van der Waals surface area contributed by atoms with Crippen molar-refractivity contribution in [2.75, 3.05) is 33.4 Å². The number of methoxy groups -OCH3 is 1. The van der Waals surface area contributed by atoms with Crippen molar-refractivity contribution >= 4 is 27.5 Å². The van der Waals surface area contributed by atoms with E-state index in [0.29, 0.717) is 23.1 Å². The Morgan fingerprint density at radius 3 is 2.87 bits per heavy atom. The molecule has 7 heteroatoms. The van der Waals surface area contributed by atoms with Crippen LogP contribution in [0.5, 0.6) is 10.9 Å². The quantitative estimate of drug-likeness (QED) is 0.517. The maximum atomic E-state index is 12.2. The van der Waals surface area contributed by atoms with E-state index in [0.717, 1.165) is 42.0 Å². The minimum atomic E-state index is 0.116.